The average Bonchev–Trinajstić information content (AvgIpc) is 2.63. The van der Waals surface area contributed by atoms with Crippen molar-refractivity contribution in [2.24, 2.45) is 0 Å². The van der Waals surface area contributed by atoms with Crippen molar-refractivity contribution in [3.05, 3.63) is 22.9 Å². The Morgan fingerprint density at radius 1 is 1.50 bits per heavy atom. The van der Waals surface area contributed by atoms with Crippen molar-refractivity contribution in [2.45, 2.75) is 51.4 Å². The predicted octanol–water partition coefficient (Wildman–Crippen LogP) is 2.75. The standard InChI is InChI=1S/C15H19F3N2O2/c1-4-9-6-10-8(2)5-11(13(21)15(16,17)18)19-7-12(10)20-14(9)22-3/h6,8,11,19H,4-5,7H2,1-3H3. The van der Waals surface area contributed by atoms with Crippen molar-refractivity contribution in [3.8, 4) is 5.88 Å². The Balaban J connectivity index is 2.33. The van der Waals surface area contributed by atoms with Crippen molar-refractivity contribution in [1.29, 1.82) is 0 Å². The molecule has 0 amide bonds. The van der Waals surface area contributed by atoms with Crippen molar-refractivity contribution < 1.29 is 22.7 Å². The van der Waals surface area contributed by atoms with Crippen molar-refractivity contribution >= 4 is 5.78 Å². The third-order valence-corrected chi connectivity index (χ3v) is 3.98. The number of alkyl halides is 3. The summed E-state index contributed by atoms with van der Waals surface area (Å²) in [5.74, 6) is -1.43. The van der Waals surface area contributed by atoms with E-state index in [1.54, 1.807) is 0 Å². The second-order valence-electron chi connectivity index (χ2n) is 5.48. The first-order valence-corrected chi connectivity index (χ1v) is 7.19. The molecule has 2 rings (SSSR count). The number of aryl methyl sites for hydroxylation is 1. The number of ketones is 1. The number of halogens is 3. The number of carbonyl (C=O) groups is 1. The van der Waals surface area contributed by atoms with Crippen molar-refractivity contribution in [3.63, 3.8) is 0 Å². The molecule has 22 heavy (non-hydrogen) atoms. The fraction of sp³-hybridized carbons (Fsp3) is 0.600. The third-order valence-electron chi connectivity index (χ3n) is 3.98. The summed E-state index contributed by atoms with van der Waals surface area (Å²) in [5.41, 5.74) is 2.43. The molecule has 0 aliphatic carbocycles. The summed E-state index contributed by atoms with van der Waals surface area (Å²) in [6.45, 7) is 3.89. The van der Waals surface area contributed by atoms with Crippen LogP contribution in [0.15, 0.2) is 6.07 Å². The van der Waals surface area contributed by atoms with Gasteiger partial charge < -0.3 is 10.1 Å². The first-order chi connectivity index (χ1) is 10.3. The lowest BCUT2D eigenvalue weighted by molar-refractivity contribution is -0.173. The van der Waals surface area contributed by atoms with E-state index in [1.165, 1.54) is 7.11 Å². The molecule has 0 spiro atoms. The second kappa shape index (κ2) is 6.24. The molecule has 1 aromatic rings. The lowest BCUT2D eigenvalue weighted by atomic mass is 9.91. The van der Waals surface area contributed by atoms with E-state index in [1.807, 2.05) is 19.9 Å². The molecule has 0 bridgehead atoms. The lowest BCUT2D eigenvalue weighted by Crippen LogP contribution is -2.43. The summed E-state index contributed by atoms with van der Waals surface area (Å²) in [6, 6.07) is 0.689. The second-order valence-corrected chi connectivity index (χ2v) is 5.48. The zero-order chi connectivity index (χ0) is 16.5. The number of fused-ring (bicyclic) bond motifs is 1. The zero-order valence-corrected chi connectivity index (χ0v) is 12.8. The van der Waals surface area contributed by atoms with E-state index in [0.29, 0.717) is 18.0 Å². The maximum absolute atomic E-state index is 12.6. The number of hydrogen-bond donors (Lipinski definition) is 1. The highest BCUT2D eigenvalue weighted by Gasteiger charge is 2.44. The van der Waals surface area contributed by atoms with Gasteiger partial charge >= 0.3 is 6.18 Å². The minimum absolute atomic E-state index is 0.0997. The SMILES string of the molecule is CCc1cc2c(nc1OC)CNC(C(=O)C(F)(F)F)CC2C. The normalized spacial score (nSPS) is 21.9. The van der Waals surface area contributed by atoms with Crippen LogP contribution in [-0.2, 0) is 17.8 Å². The van der Waals surface area contributed by atoms with Gasteiger partial charge in [-0.3, -0.25) is 4.79 Å². The average molecular weight is 316 g/mol. The first-order valence-electron chi connectivity index (χ1n) is 7.19. The van der Waals surface area contributed by atoms with Crippen LogP contribution in [0.5, 0.6) is 5.88 Å². The molecule has 0 aromatic carbocycles. The number of rotatable bonds is 3. The van der Waals surface area contributed by atoms with E-state index in [0.717, 1.165) is 11.1 Å². The number of nitrogens with zero attached hydrogens (tertiary/aromatic N) is 1. The molecule has 0 fully saturated rings. The third kappa shape index (κ3) is 3.24. The van der Waals surface area contributed by atoms with Gasteiger partial charge in [-0.15, -0.1) is 0 Å². The fourth-order valence-electron chi connectivity index (χ4n) is 2.77. The summed E-state index contributed by atoms with van der Waals surface area (Å²) < 4.78 is 43.1. The monoisotopic (exact) mass is 316 g/mol. The molecule has 0 saturated heterocycles. The number of carbonyl (C=O) groups excluding carboxylic acids is 1. The molecule has 1 N–H and O–H groups in total. The van der Waals surface area contributed by atoms with Gasteiger partial charge in [0, 0.05) is 12.1 Å². The Morgan fingerprint density at radius 2 is 2.18 bits per heavy atom. The van der Waals surface area contributed by atoms with Crippen LogP contribution in [0.1, 0.15) is 43.0 Å². The molecule has 2 atom stereocenters. The van der Waals surface area contributed by atoms with Crippen LogP contribution in [0.2, 0.25) is 0 Å². The Morgan fingerprint density at radius 3 is 2.73 bits per heavy atom. The molecule has 0 saturated carbocycles. The summed E-state index contributed by atoms with van der Waals surface area (Å²) in [4.78, 5) is 15.9. The molecular weight excluding hydrogens is 297 g/mol. The van der Waals surface area contributed by atoms with Gasteiger partial charge in [0.2, 0.25) is 5.88 Å². The molecule has 0 radical (unpaired) electrons. The van der Waals surface area contributed by atoms with Crippen LogP contribution in [0.4, 0.5) is 13.2 Å². The molecule has 2 heterocycles. The highest BCUT2D eigenvalue weighted by Crippen LogP contribution is 2.32. The smallest absolute Gasteiger partial charge is 0.451 e. The predicted molar refractivity (Wildman–Crippen MR) is 74.9 cm³/mol. The summed E-state index contributed by atoms with van der Waals surface area (Å²) in [6.07, 6.45) is -4.01. The number of nitrogens with one attached hydrogen (secondary N) is 1. The number of Topliss-reactive ketones (excluding diaryl/α,β-unsaturated/α-hetero) is 1. The number of methoxy groups -OCH3 is 1. The van der Waals surface area contributed by atoms with Gasteiger partial charge in [-0.25, -0.2) is 4.98 Å². The van der Waals surface area contributed by atoms with E-state index in [9.17, 15) is 18.0 Å². The molecule has 7 heteroatoms. The highest BCUT2D eigenvalue weighted by atomic mass is 19.4. The van der Waals surface area contributed by atoms with E-state index in [4.69, 9.17) is 4.74 Å². The van der Waals surface area contributed by atoms with Crippen LogP contribution in [0.25, 0.3) is 0 Å². The Kier molecular flexibility index (Phi) is 4.75. The van der Waals surface area contributed by atoms with Crippen LogP contribution < -0.4 is 10.1 Å². The van der Waals surface area contributed by atoms with Gasteiger partial charge in [-0.2, -0.15) is 13.2 Å². The topological polar surface area (TPSA) is 51.2 Å². The quantitative estimate of drug-likeness (QED) is 0.931. The molecular formula is C15H19F3N2O2. The van der Waals surface area contributed by atoms with Gasteiger partial charge in [0.05, 0.1) is 18.8 Å². The van der Waals surface area contributed by atoms with E-state index >= 15 is 0 Å². The number of hydrogen-bond acceptors (Lipinski definition) is 4. The van der Waals surface area contributed by atoms with Gasteiger partial charge in [-0.1, -0.05) is 13.8 Å². The summed E-state index contributed by atoms with van der Waals surface area (Å²) in [7, 11) is 1.51. The fourth-order valence-corrected chi connectivity index (χ4v) is 2.77. The number of pyridine rings is 1. The number of aromatic nitrogens is 1. The van der Waals surface area contributed by atoms with Crippen molar-refractivity contribution in [1.82, 2.24) is 10.3 Å². The van der Waals surface area contributed by atoms with Gasteiger partial charge in [0.1, 0.15) is 0 Å². The minimum atomic E-state index is -4.83. The minimum Gasteiger partial charge on any atom is -0.481 e. The molecule has 2 unspecified atom stereocenters. The number of ether oxygens (including phenoxy) is 1. The molecule has 122 valence electrons. The Labute approximate surface area is 127 Å². The largest absolute Gasteiger partial charge is 0.481 e. The van der Waals surface area contributed by atoms with Gasteiger partial charge in [0.15, 0.2) is 0 Å². The van der Waals surface area contributed by atoms with Crippen LogP contribution in [0, 0.1) is 0 Å². The lowest BCUT2D eigenvalue weighted by Gasteiger charge is -2.18. The Hall–Kier alpha value is -1.63. The first kappa shape index (κ1) is 16.7. The maximum atomic E-state index is 12.6. The summed E-state index contributed by atoms with van der Waals surface area (Å²) >= 11 is 0. The molecule has 4 nitrogen and oxygen atoms in total. The van der Waals surface area contributed by atoms with E-state index in [2.05, 4.69) is 10.3 Å². The van der Waals surface area contributed by atoms with Crippen LogP contribution in [0.3, 0.4) is 0 Å². The highest BCUT2D eigenvalue weighted by molar-refractivity contribution is 5.89. The van der Waals surface area contributed by atoms with Crippen molar-refractivity contribution in [2.75, 3.05) is 7.11 Å². The zero-order valence-electron chi connectivity index (χ0n) is 12.8. The summed E-state index contributed by atoms with van der Waals surface area (Å²) in [5, 5.41) is 2.68. The van der Waals surface area contributed by atoms with Crippen LogP contribution >= 0.6 is 0 Å². The van der Waals surface area contributed by atoms with Gasteiger partial charge in [-0.05, 0) is 30.4 Å². The Bertz CT molecular complexity index is 573. The molecule has 1 aliphatic heterocycles. The molecule has 1 aromatic heterocycles. The van der Waals surface area contributed by atoms with Crippen LogP contribution in [-0.4, -0.2) is 30.1 Å². The van der Waals surface area contributed by atoms with E-state index < -0.39 is 18.0 Å². The van der Waals surface area contributed by atoms with E-state index in [-0.39, 0.29) is 18.9 Å². The van der Waals surface area contributed by atoms with Gasteiger partial charge in [0.25, 0.3) is 5.78 Å². The maximum Gasteiger partial charge on any atom is 0.451 e. The molecule has 1 aliphatic rings.